The Hall–Kier alpha value is -1.81. The molecule has 27 heavy (non-hydrogen) atoms. The molecule has 0 atom stereocenters. The third-order valence-corrected chi connectivity index (χ3v) is 6.65. The maximum atomic E-state index is 12.3. The maximum Gasteiger partial charge on any atom is 0.348 e. The minimum atomic E-state index is -0.216. The van der Waals surface area contributed by atoms with Gasteiger partial charge in [0.1, 0.15) is 10.6 Å². The van der Waals surface area contributed by atoms with Crippen molar-refractivity contribution in [3.8, 4) is 5.75 Å². The van der Waals surface area contributed by atoms with E-state index >= 15 is 0 Å². The molecule has 1 aliphatic rings. The van der Waals surface area contributed by atoms with Crippen LogP contribution in [0.4, 0.5) is 0 Å². The van der Waals surface area contributed by atoms with Gasteiger partial charge in [-0.05, 0) is 53.0 Å². The van der Waals surface area contributed by atoms with Gasteiger partial charge in [-0.15, -0.1) is 11.3 Å². The van der Waals surface area contributed by atoms with Gasteiger partial charge in [0.2, 0.25) is 0 Å². The Morgan fingerprint density at radius 2 is 1.93 bits per heavy atom. The van der Waals surface area contributed by atoms with Crippen molar-refractivity contribution in [2.45, 2.75) is 65.2 Å². The molecule has 0 saturated heterocycles. The molecular weight excluding hydrogens is 356 g/mol. The first-order valence-corrected chi connectivity index (χ1v) is 10.5. The first kappa shape index (κ1) is 19.9. The summed E-state index contributed by atoms with van der Waals surface area (Å²) in [5, 5.41) is 0. The zero-order valence-electron chi connectivity index (χ0n) is 17.3. The van der Waals surface area contributed by atoms with Gasteiger partial charge in [0.25, 0.3) is 0 Å². The monoisotopic (exact) mass is 386 g/mol. The van der Waals surface area contributed by atoms with Gasteiger partial charge in [-0.1, -0.05) is 46.8 Å². The lowest BCUT2D eigenvalue weighted by atomic mass is 9.77. The van der Waals surface area contributed by atoms with Crippen molar-refractivity contribution in [1.29, 1.82) is 0 Å². The molecule has 3 rings (SSSR count). The predicted octanol–water partition coefficient (Wildman–Crippen LogP) is 5.68. The summed E-state index contributed by atoms with van der Waals surface area (Å²) >= 11 is 1.58. The normalized spacial score (nSPS) is 14.0. The van der Waals surface area contributed by atoms with Gasteiger partial charge in [-0.3, -0.25) is 0 Å². The minimum Gasteiger partial charge on any atom is -0.493 e. The van der Waals surface area contributed by atoms with E-state index in [4.69, 9.17) is 9.47 Å². The molecule has 2 heterocycles. The number of hydrogen-bond donors (Lipinski definition) is 0. The van der Waals surface area contributed by atoms with Crippen LogP contribution in [0.5, 0.6) is 5.75 Å². The van der Waals surface area contributed by atoms with Crippen LogP contribution in [0.25, 0.3) is 0 Å². The summed E-state index contributed by atoms with van der Waals surface area (Å²) in [6, 6.07) is 8.61. The Morgan fingerprint density at radius 1 is 1.19 bits per heavy atom. The lowest BCUT2D eigenvalue weighted by Crippen LogP contribution is -2.22. The van der Waals surface area contributed by atoms with E-state index < -0.39 is 0 Å². The number of carbonyl (C=O) groups excluding carboxylic acids is 1. The van der Waals surface area contributed by atoms with Crippen LogP contribution in [0.2, 0.25) is 0 Å². The lowest BCUT2D eigenvalue weighted by Gasteiger charge is -2.28. The Bertz CT molecular complexity index is 840. The van der Waals surface area contributed by atoms with Gasteiger partial charge in [-0.2, -0.15) is 0 Å². The second-order valence-corrected chi connectivity index (χ2v) is 9.97. The third kappa shape index (κ3) is 4.21. The molecule has 0 radical (unpaired) electrons. The Morgan fingerprint density at radius 3 is 2.59 bits per heavy atom. The van der Waals surface area contributed by atoms with Gasteiger partial charge in [-0.25, -0.2) is 4.79 Å². The summed E-state index contributed by atoms with van der Waals surface area (Å²) in [6.07, 6.45) is 1.87. The van der Waals surface area contributed by atoms with Crippen LogP contribution in [0.15, 0.2) is 24.3 Å². The fourth-order valence-electron chi connectivity index (χ4n) is 3.68. The molecule has 1 aromatic carbocycles. The van der Waals surface area contributed by atoms with Crippen molar-refractivity contribution >= 4 is 17.3 Å². The number of thiophene rings is 1. The first-order chi connectivity index (χ1) is 12.6. The number of ether oxygens (including phenoxy) is 2. The van der Waals surface area contributed by atoms with Crippen molar-refractivity contribution < 1.29 is 14.3 Å². The maximum absolute atomic E-state index is 12.3. The molecule has 2 aromatic rings. The standard InChI is InChI=1S/C23H30O3S/c1-7-25-21(24)19-13-16(20(27-19)22(2,3)4)14-23(5,6)17-8-9-18-15(12-17)10-11-26-18/h8-9,12-13H,7,10-11,14H2,1-6H3. The number of carbonyl (C=O) groups is 1. The molecule has 0 saturated carbocycles. The average Bonchev–Trinajstić information content (AvgIpc) is 3.20. The molecule has 0 N–H and O–H groups in total. The van der Waals surface area contributed by atoms with Crippen LogP contribution in [0.3, 0.4) is 0 Å². The van der Waals surface area contributed by atoms with Crippen molar-refractivity contribution in [3.63, 3.8) is 0 Å². The Balaban J connectivity index is 1.94. The van der Waals surface area contributed by atoms with Gasteiger partial charge in [0.15, 0.2) is 0 Å². The summed E-state index contributed by atoms with van der Waals surface area (Å²) in [6.45, 7) is 14.2. The van der Waals surface area contributed by atoms with Crippen LogP contribution < -0.4 is 4.74 Å². The molecular formula is C23H30O3S. The number of esters is 1. The van der Waals surface area contributed by atoms with E-state index in [2.05, 4.69) is 52.8 Å². The highest BCUT2D eigenvalue weighted by molar-refractivity contribution is 7.14. The SMILES string of the molecule is CCOC(=O)c1cc(CC(C)(C)c2ccc3c(c2)CCO3)c(C(C)(C)C)s1. The lowest BCUT2D eigenvalue weighted by molar-refractivity contribution is 0.0532. The van der Waals surface area contributed by atoms with E-state index in [-0.39, 0.29) is 16.8 Å². The number of rotatable bonds is 5. The van der Waals surface area contributed by atoms with Crippen LogP contribution in [0, 0.1) is 0 Å². The number of hydrogen-bond acceptors (Lipinski definition) is 4. The molecule has 0 aliphatic carbocycles. The molecule has 0 amide bonds. The zero-order chi connectivity index (χ0) is 19.8. The van der Waals surface area contributed by atoms with Crippen molar-refractivity contribution in [1.82, 2.24) is 0 Å². The number of fused-ring (bicyclic) bond motifs is 1. The highest BCUT2D eigenvalue weighted by Gasteiger charge is 2.30. The second-order valence-electron chi connectivity index (χ2n) is 8.92. The van der Waals surface area contributed by atoms with E-state index in [1.165, 1.54) is 21.6 Å². The van der Waals surface area contributed by atoms with Crippen LogP contribution in [-0.2, 0) is 28.4 Å². The Kier molecular flexibility index (Phi) is 5.40. The fourth-order valence-corrected chi connectivity index (χ4v) is 4.82. The average molecular weight is 387 g/mol. The predicted molar refractivity (Wildman–Crippen MR) is 111 cm³/mol. The molecule has 4 heteroatoms. The summed E-state index contributed by atoms with van der Waals surface area (Å²) in [7, 11) is 0. The van der Waals surface area contributed by atoms with Crippen LogP contribution in [-0.4, -0.2) is 19.2 Å². The fraction of sp³-hybridized carbons (Fsp3) is 0.522. The Labute approximate surface area is 166 Å². The van der Waals surface area contributed by atoms with Gasteiger partial charge < -0.3 is 9.47 Å². The highest BCUT2D eigenvalue weighted by atomic mass is 32.1. The van der Waals surface area contributed by atoms with E-state index in [1.54, 1.807) is 11.3 Å². The molecule has 146 valence electrons. The molecule has 0 unspecified atom stereocenters. The summed E-state index contributed by atoms with van der Waals surface area (Å²) in [4.78, 5) is 14.2. The van der Waals surface area contributed by atoms with E-state index in [0.717, 1.165) is 25.2 Å². The largest absolute Gasteiger partial charge is 0.493 e. The van der Waals surface area contributed by atoms with Crippen LogP contribution in [0.1, 0.15) is 72.8 Å². The molecule has 1 aromatic heterocycles. The smallest absolute Gasteiger partial charge is 0.348 e. The second kappa shape index (κ2) is 7.31. The van der Waals surface area contributed by atoms with Gasteiger partial charge >= 0.3 is 5.97 Å². The van der Waals surface area contributed by atoms with Crippen molar-refractivity contribution in [2.24, 2.45) is 0 Å². The van der Waals surface area contributed by atoms with Crippen molar-refractivity contribution in [2.75, 3.05) is 13.2 Å². The van der Waals surface area contributed by atoms with E-state index in [0.29, 0.717) is 11.5 Å². The van der Waals surface area contributed by atoms with E-state index in [1.807, 2.05) is 13.0 Å². The highest BCUT2D eigenvalue weighted by Crippen LogP contribution is 2.39. The molecule has 1 aliphatic heterocycles. The first-order valence-electron chi connectivity index (χ1n) is 9.68. The molecule has 0 spiro atoms. The zero-order valence-corrected chi connectivity index (χ0v) is 18.1. The molecule has 0 bridgehead atoms. The topological polar surface area (TPSA) is 35.5 Å². The van der Waals surface area contributed by atoms with Gasteiger partial charge in [0.05, 0.1) is 13.2 Å². The quantitative estimate of drug-likeness (QED) is 0.620. The van der Waals surface area contributed by atoms with Crippen LogP contribution >= 0.6 is 11.3 Å². The summed E-state index contributed by atoms with van der Waals surface area (Å²) in [5.41, 5.74) is 3.82. The number of benzene rings is 1. The minimum absolute atomic E-state index is 0.00734. The molecule has 3 nitrogen and oxygen atoms in total. The molecule has 0 fully saturated rings. The third-order valence-electron chi connectivity index (χ3n) is 5.07. The van der Waals surface area contributed by atoms with E-state index in [9.17, 15) is 4.79 Å². The summed E-state index contributed by atoms with van der Waals surface area (Å²) in [5.74, 6) is 0.803. The van der Waals surface area contributed by atoms with Gasteiger partial charge in [0, 0.05) is 11.3 Å². The van der Waals surface area contributed by atoms with Crippen molar-refractivity contribution in [3.05, 3.63) is 50.7 Å². The summed E-state index contributed by atoms with van der Waals surface area (Å²) < 4.78 is 10.9.